The molecule has 0 aromatic carbocycles. The van der Waals surface area contributed by atoms with Crippen LogP contribution in [0.25, 0.3) is 0 Å². The Morgan fingerprint density at radius 2 is 1.89 bits per heavy atom. The van der Waals surface area contributed by atoms with Crippen LogP contribution in [-0.2, 0) is 0 Å². The summed E-state index contributed by atoms with van der Waals surface area (Å²) >= 11 is 0. The summed E-state index contributed by atoms with van der Waals surface area (Å²) in [6.07, 6.45) is 4.77. The Morgan fingerprint density at radius 3 is 2.47 bits per heavy atom. The van der Waals surface area contributed by atoms with E-state index in [2.05, 4.69) is 49.5 Å². The zero-order chi connectivity index (χ0) is 14.1. The molecule has 0 atom stereocenters. The average Bonchev–Trinajstić information content (AvgIpc) is 2.35. The second-order valence-corrected chi connectivity index (χ2v) is 6.36. The van der Waals surface area contributed by atoms with Crippen LogP contribution in [0.4, 0.5) is 0 Å². The number of nitrogens with zero attached hydrogens (tertiary/aromatic N) is 2. The van der Waals surface area contributed by atoms with Gasteiger partial charge in [-0.05, 0) is 44.8 Å². The van der Waals surface area contributed by atoms with Gasteiger partial charge in [0, 0.05) is 32.5 Å². The smallest absolute Gasteiger partial charge is 0.0217 e. The summed E-state index contributed by atoms with van der Waals surface area (Å²) < 4.78 is 0. The van der Waals surface area contributed by atoms with E-state index in [1.54, 1.807) is 0 Å². The number of hydrogen-bond acceptors (Lipinski definition) is 2. The highest BCUT2D eigenvalue weighted by atomic mass is 15.1. The number of likely N-dealkylation sites (tertiary alicyclic amines) is 1. The van der Waals surface area contributed by atoms with Gasteiger partial charge in [0.15, 0.2) is 0 Å². The van der Waals surface area contributed by atoms with Gasteiger partial charge in [-0.2, -0.15) is 0 Å². The van der Waals surface area contributed by atoms with E-state index in [0.29, 0.717) is 0 Å². The Kier molecular flexibility index (Phi) is 8.18. The quantitative estimate of drug-likeness (QED) is 0.680. The molecule has 1 rings (SSSR count). The molecule has 2 heteroatoms. The van der Waals surface area contributed by atoms with Crippen molar-refractivity contribution in [1.29, 1.82) is 0 Å². The van der Waals surface area contributed by atoms with Gasteiger partial charge in [0.2, 0.25) is 0 Å². The standard InChI is InChI=1S/C17H32N2/c1-5-6-7-8-11-19-12-9-17(10-13-19)15-18(4)14-16(2)3/h16-17H,5,8-15H2,1-4H3. The van der Waals surface area contributed by atoms with E-state index in [4.69, 9.17) is 0 Å². The molecule has 0 aromatic heterocycles. The minimum atomic E-state index is 0.780. The van der Waals surface area contributed by atoms with Gasteiger partial charge in [-0.3, -0.25) is 0 Å². The Balaban J connectivity index is 2.14. The molecule has 0 bridgehead atoms. The van der Waals surface area contributed by atoms with Gasteiger partial charge in [0.05, 0.1) is 0 Å². The summed E-state index contributed by atoms with van der Waals surface area (Å²) in [5.74, 6) is 8.09. The van der Waals surface area contributed by atoms with Gasteiger partial charge < -0.3 is 9.80 Å². The highest BCUT2D eigenvalue weighted by Gasteiger charge is 2.19. The maximum Gasteiger partial charge on any atom is 0.0217 e. The topological polar surface area (TPSA) is 6.48 Å². The lowest BCUT2D eigenvalue weighted by Crippen LogP contribution is -2.38. The van der Waals surface area contributed by atoms with Crippen LogP contribution in [-0.4, -0.2) is 49.6 Å². The fraction of sp³-hybridized carbons (Fsp3) is 0.882. The van der Waals surface area contributed by atoms with Gasteiger partial charge in [-0.1, -0.05) is 20.8 Å². The zero-order valence-corrected chi connectivity index (χ0v) is 13.4. The first-order valence-corrected chi connectivity index (χ1v) is 7.98. The van der Waals surface area contributed by atoms with Gasteiger partial charge in [-0.15, -0.1) is 11.8 Å². The van der Waals surface area contributed by atoms with Crippen molar-refractivity contribution in [3.05, 3.63) is 0 Å². The van der Waals surface area contributed by atoms with Crippen LogP contribution in [0.3, 0.4) is 0 Å². The summed E-state index contributed by atoms with van der Waals surface area (Å²) in [6.45, 7) is 12.9. The van der Waals surface area contributed by atoms with Gasteiger partial charge >= 0.3 is 0 Å². The van der Waals surface area contributed by atoms with Gasteiger partial charge in [0.1, 0.15) is 0 Å². The molecule has 0 amide bonds. The molecule has 0 radical (unpaired) electrons. The second-order valence-electron chi connectivity index (χ2n) is 6.36. The molecule has 0 unspecified atom stereocenters. The number of rotatable bonds is 6. The normalized spacial score (nSPS) is 17.8. The number of piperidine rings is 1. The molecule has 1 aliphatic heterocycles. The second kappa shape index (κ2) is 9.39. The summed E-state index contributed by atoms with van der Waals surface area (Å²) in [5.41, 5.74) is 0. The van der Waals surface area contributed by atoms with E-state index in [9.17, 15) is 0 Å². The minimum Gasteiger partial charge on any atom is -0.306 e. The molecule has 0 saturated carbocycles. The molecule has 110 valence electrons. The summed E-state index contributed by atoms with van der Waals surface area (Å²) in [7, 11) is 2.27. The van der Waals surface area contributed by atoms with Crippen molar-refractivity contribution in [2.75, 3.05) is 39.8 Å². The molecule has 0 N–H and O–H groups in total. The molecule has 1 heterocycles. The first-order valence-electron chi connectivity index (χ1n) is 7.98. The highest BCUT2D eigenvalue weighted by Crippen LogP contribution is 2.18. The molecular weight excluding hydrogens is 232 g/mol. The number of hydrogen-bond donors (Lipinski definition) is 0. The zero-order valence-electron chi connectivity index (χ0n) is 13.4. The Hall–Kier alpha value is -0.520. The van der Waals surface area contributed by atoms with Crippen LogP contribution < -0.4 is 0 Å². The fourth-order valence-electron chi connectivity index (χ4n) is 2.96. The van der Waals surface area contributed by atoms with Crippen LogP contribution >= 0.6 is 0 Å². The van der Waals surface area contributed by atoms with Crippen LogP contribution in [0, 0.1) is 23.7 Å². The van der Waals surface area contributed by atoms with Crippen molar-refractivity contribution >= 4 is 0 Å². The lowest BCUT2D eigenvalue weighted by Gasteiger charge is -2.34. The van der Waals surface area contributed by atoms with Gasteiger partial charge in [-0.25, -0.2) is 0 Å². The monoisotopic (exact) mass is 264 g/mol. The third-order valence-corrected chi connectivity index (χ3v) is 3.81. The maximum absolute atomic E-state index is 3.25. The van der Waals surface area contributed by atoms with E-state index in [-0.39, 0.29) is 0 Å². The Labute approximate surface area is 120 Å². The molecule has 1 fully saturated rings. The molecule has 0 aromatic rings. The molecule has 1 saturated heterocycles. The van der Waals surface area contributed by atoms with E-state index >= 15 is 0 Å². The Bertz CT molecular complexity index is 279. The van der Waals surface area contributed by atoms with E-state index in [1.807, 2.05) is 0 Å². The summed E-state index contributed by atoms with van der Waals surface area (Å²) in [4.78, 5) is 5.10. The van der Waals surface area contributed by atoms with Crippen LogP contribution in [0.5, 0.6) is 0 Å². The molecular formula is C17H32N2. The lowest BCUT2D eigenvalue weighted by atomic mass is 9.96. The molecule has 19 heavy (non-hydrogen) atoms. The third-order valence-electron chi connectivity index (χ3n) is 3.81. The van der Waals surface area contributed by atoms with Crippen molar-refractivity contribution in [2.24, 2.45) is 11.8 Å². The van der Waals surface area contributed by atoms with Crippen molar-refractivity contribution in [2.45, 2.75) is 46.5 Å². The fourth-order valence-corrected chi connectivity index (χ4v) is 2.96. The van der Waals surface area contributed by atoms with Crippen LogP contribution in [0.1, 0.15) is 46.5 Å². The first-order chi connectivity index (χ1) is 9.11. The molecule has 1 aliphatic rings. The minimum absolute atomic E-state index is 0.780. The van der Waals surface area contributed by atoms with E-state index < -0.39 is 0 Å². The van der Waals surface area contributed by atoms with Crippen molar-refractivity contribution < 1.29 is 0 Å². The predicted octanol–water partition coefficient (Wildman–Crippen LogP) is 3.09. The van der Waals surface area contributed by atoms with Crippen molar-refractivity contribution in [3.63, 3.8) is 0 Å². The predicted molar refractivity (Wildman–Crippen MR) is 84.2 cm³/mol. The van der Waals surface area contributed by atoms with Crippen molar-refractivity contribution in [3.8, 4) is 11.8 Å². The van der Waals surface area contributed by atoms with Gasteiger partial charge in [0.25, 0.3) is 0 Å². The van der Waals surface area contributed by atoms with Crippen LogP contribution in [0.15, 0.2) is 0 Å². The Morgan fingerprint density at radius 1 is 1.21 bits per heavy atom. The van der Waals surface area contributed by atoms with Crippen LogP contribution in [0.2, 0.25) is 0 Å². The van der Waals surface area contributed by atoms with Crippen molar-refractivity contribution in [1.82, 2.24) is 9.80 Å². The maximum atomic E-state index is 3.25. The molecule has 0 aliphatic carbocycles. The summed E-state index contributed by atoms with van der Waals surface area (Å²) in [6, 6.07) is 0. The largest absolute Gasteiger partial charge is 0.306 e. The SMILES string of the molecule is CCC#CCCN1CCC(CN(C)CC(C)C)CC1. The highest BCUT2D eigenvalue weighted by molar-refractivity contribution is 4.98. The lowest BCUT2D eigenvalue weighted by molar-refractivity contribution is 0.151. The average molecular weight is 264 g/mol. The first kappa shape index (κ1) is 16.5. The molecule has 2 nitrogen and oxygen atoms in total. The molecule has 0 spiro atoms. The van der Waals surface area contributed by atoms with E-state index in [0.717, 1.165) is 24.7 Å². The van der Waals surface area contributed by atoms with E-state index in [1.165, 1.54) is 45.6 Å². The summed E-state index contributed by atoms with van der Waals surface area (Å²) in [5, 5.41) is 0. The third kappa shape index (κ3) is 7.60.